The Labute approximate surface area is 122 Å². The predicted octanol–water partition coefficient (Wildman–Crippen LogP) is 4.34. The molecule has 0 radical (unpaired) electrons. The Morgan fingerprint density at radius 3 is 2.57 bits per heavy atom. The van der Waals surface area contributed by atoms with Gasteiger partial charge in [0.05, 0.1) is 4.92 Å². The Balaban J connectivity index is 1.89. The summed E-state index contributed by atoms with van der Waals surface area (Å²) in [5.41, 5.74) is 1.31. The van der Waals surface area contributed by atoms with Crippen molar-refractivity contribution < 1.29 is 9.31 Å². The fourth-order valence-electron chi connectivity index (χ4n) is 2.15. The molecular weight excluding hydrogens is 271 g/mol. The highest BCUT2D eigenvalue weighted by Gasteiger charge is 2.13. The summed E-state index contributed by atoms with van der Waals surface area (Å²) < 4.78 is 13.5. The van der Waals surface area contributed by atoms with Crippen LogP contribution in [0.2, 0.25) is 0 Å². The summed E-state index contributed by atoms with van der Waals surface area (Å²) >= 11 is 0. The average Bonchev–Trinajstić information content (AvgIpc) is 2.47. The quantitative estimate of drug-likeness (QED) is 0.635. The molecule has 0 saturated heterocycles. The number of hydrogen-bond acceptors (Lipinski definition) is 3. The predicted molar refractivity (Wildman–Crippen MR) is 81.0 cm³/mol. The van der Waals surface area contributed by atoms with Crippen molar-refractivity contribution in [3.8, 4) is 0 Å². The zero-order valence-electron chi connectivity index (χ0n) is 11.8. The number of nitrogens with one attached hydrogen (secondary N) is 1. The summed E-state index contributed by atoms with van der Waals surface area (Å²) in [6, 6.07) is 14.0. The molecule has 0 spiro atoms. The van der Waals surface area contributed by atoms with Crippen molar-refractivity contribution in [1.82, 2.24) is 0 Å². The number of hydrogen-bond donors (Lipinski definition) is 1. The Hall–Kier alpha value is -2.43. The summed E-state index contributed by atoms with van der Waals surface area (Å²) in [4.78, 5) is 9.81. The molecule has 0 aliphatic rings. The molecule has 110 valence electrons. The second kappa shape index (κ2) is 6.83. The van der Waals surface area contributed by atoms with Crippen LogP contribution in [0.5, 0.6) is 0 Å². The van der Waals surface area contributed by atoms with E-state index in [1.807, 2.05) is 18.2 Å². The first-order valence-electron chi connectivity index (χ1n) is 6.80. The van der Waals surface area contributed by atoms with Crippen molar-refractivity contribution in [3.63, 3.8) is 0 Å². The first-order chi connectivity index (χ1) is 10.1. The van der Waals surface area contributed by atoms with Gasteiger partial charge < -0.3 is 5.32 Å². The molecule has 0 saturated carbocycles. The number of nitro groups is 1. The van der Waals surface area contributed by atoms with Gasteiger partial charge in [-0.15, -0.1) is 0 Å². The molecule has 0 amide bonds. The van der Waals surface area contributed by atoms with Crippen LogP contribution in [0.15, 0.2) is 48.5 Å². The summed E-state index contributed by atoms with van der Waals surface area (Å²) in [6.07, 6.45) is 0.891. The molecule has 4 nitrogen and oxygen atoms in total. The maximum Gasteiger partial charge on any atom is 0.304 e. The summed E-state index contributed by atoms with van der Waals surface area (Å²) in [5, 5.41) is 13.6. The van der Waals surface area contributed by atoms with E-state index in [-0.39, 0.29) is 0 Å². The molecule has 1 N–H and O–H groups in total. The van der Waals surface area contributed by atoms with Crippen LogP contribution in [-0.2, 0) is 0 Å². The van der Waals surface area contributed by atoms with Gasteiger partial charge in [0, 0.05) is 24.4 Å². The van der Waals surface area contributed by atoms with Crippen molar-refractivity contribution in [3.05, 3.63) is 70.0 Å². The first kappa shape index (κ1) is 15.0. The van der Waals surface area contributed by atoms with Crippen LogP contribution < -0.4 is 5.32 Å². The van der Waals surface area contributed by atoms with E-state index in [9.17, 15) is 14.5 Å². The second-order valence-electron chi connectivity index (χ2n) is 4.95. The minimum absolute atomic E-state index is 0.390. The highest BCUT2D eigenvalue weighted by atomic mass is 19.1. The number of halogens is 1. The number of nitrogens with zero attached hydrogens (tertiary/aromatic N) is 1. The SMILES string of the molecule is CC(CCNc1ccc([N+](=O)[O-])c(F)c1)c1ccccc1. The number of benzene rings is 2. The van der Waals surface area contributed by atoms with Crippen LogP contribution in [0, 0.1) is 15.9 Å². The Kier molecular flexibility index (Phi) is 4.87. The van der Waals surface area contributed by atoms with E-state index in [0.717, 1.165) is 12.5 Å². The molecule has 2 rings (SSSR count). The molecule has 5 heteroatoms. The van der Waals surface area contributed by atoms with E-state index in [1.54, 1.807) is 0 Å². The molecular formula is C16H17FN2O2. The smallest absolute Gasteiger partial charge is 0.304 e. The van der Waals surface area contributed by atoms with Crippen LogP contribution in [0.25, 0.3) is 0 Å². The molecule has 0 fully saturated rings. The van der Waals surface area contributed by atoms with Gasteiger partial charge in [0.2, 0.25) is 5.82 Å². The average molecular weight is 288 g/mol. The molecule has 0 aliphatic heterocycles. The largest absolute Gasteiger partial charge is 0.385 e. The fraction of sp³-hybridized carbons (Fsp3) is 0.250. The lowest BCUT2D eigenvalue weighted by Crippen LogP contribution is -2.06. The molecule has 1 atom stereocenters. The number of rotatable bonds is 6. The number of nitro benzene ring substituents is 1. The van der Waals surface area contributed by atoms with Crippen molar-refractivity contribution in [2.24, 2.45) is 0 Å². The minimum Gasteiger partial charge on any atom is -0.385 e. The van der Waals surface area contributed by atoms with Gasteiger partial charge in [0.1, 0.15) is 0 Å². The van der Waals surface area contributed by atoms with Crippen molar-refractivity contribution in [2.75, 3.05) is 11.9 Å². The van der Waals surface area contributed by atoms with Gasteiger partial charge in [-0.25, -0.2) is 0 Å². The molecule has 21 heavy (non-hydrogen) atoms. The van der Waals surface area contributed by atoms with Gasteiger partial charge in [0.15, 0.2) is 0 Å². The molecule has 0 heterocycles. The highest BCUT2D eigenvalue weighted by molar-refractivity contribution is 5.49. The molecule has 0 aromatic heterocycles. The summed E-state index contributed by atoms with van der Waals surface area (Å²) in [6.45, 7) is 2.81. The lowest BCUT2D eigenvalue weighted by atomic mass is 9.98. The van der Waals surface area contributed by atoms with Gasteiger partial charge in [-0.2, -0.15) is 4.39 Å². The van der Waals surface area contributed by atoms with Gasteiger partial charge >= 0.3 is 5.69 Å². The lowest BCUT2D eigenvalue weighted by molar-refractivity contribution is -0.387. The van der Waals surface area contributed by atoms with E-state index < -0.39 is 16.4 Å². The Bertz CT molecular complexity index is 617. The topological polar surface area (TPSA) is 55.2 Å². The van der Waals surface area contributed by atoms with E-state index in [0.29, 0.717) is 18.2 Å². The molecule has 2 aromatic carbocycles. The molecule has 1 unspecified atom stereocenters. The summed E-state index contributed by atoms with van der Waals surface area (Å²) in [7, 11) is 0. The van der Waals surface area contributed by atoms with E-state index in [1.165, 1.54) is 17.7 Å². The van der Waals surface area contributed by atoms with Gasteiger partial charge in [-0.3, -0.25) is 10.1 Å². The van der Waals surface area contributed by atoms with E-state index >= 15 is 0 Å². The van der Waals surface area contributed by atoms with Gasteiger partial charge in [-0.05, 0) is 24.0 Å². The van der Waals surface area contributed by atoms with Gasteiger partial charge in [-0.1, -0.05) is 37.3 Å². The van der Waals surface area contributed by atoms with Crippen LogP contribution in [0.3, 0.4) is 0 Å². The lowest BCUT2D eigenvalue weighted by Gasteiger charge is -2.13. The zero-order valence-corrected chi connectivity index (χ0v) is 11.8. The van der Waals surface area contributed by atoms with Crippen LogP contribution >= 0.6 is 0 Å². The van der Waals surface area contributed by atoms with Crippen LogP contribution in [0.4, 0.5) is 15.8 Å². The fourth-order valence-corrected chi connectivity index (χ4v) is 2.15. The minimum atomic E-state index is -0.818. The van der Waals surface area contributed by atoms with Gasteiger partial charge in [0.25, 0.3) is 0 Å². The third kappa shape index (κ3) is 4.02. The van der Waals surface area contributed by atoms with E-state index in [2.05, 4.69) is 24.4 Å². The maximum absolute atomic E-state index is 13.5. The molecule has 0 aliphatic carbocycles. The maximum atomic E-state index is 13.5. The highest BCUT2D eigenvalue weighted by Crippen LogP contribution is 2.22. The summed E-state index contributed by atoms with van der Waals surface area (Å²) in [5.74, 6) is -0.428. The molecule has 2 aromatic rings. The van der Waals surface area contributed by atoms with E-state index in [4.69, 9.17) is 0 Å². The zero-order chi connectivity index (χ0) is 15.2. The second-order valence-corrected chi connectivity index (χ2v) is 4.95. The third-order valence-corrected chi connectivity index (χ3v) is 3.42. The monoisotopic (exact) mass is 288 g/mol. The van der Waals surface area contributed by atoms with Crippen molar-refractivity contribution in [2.45, 2.75) is 19.3 Å². The molecule has 0 bridgehead atoms. The van der Waals surface area contributed by atoms with Crippen LogP contribution in [-0.4, -0.2) is 11.5 Å². The first-order valence-corrected chi connectivity index (χ1v) is 6.80. The Morgan fingerprint density at radius 2 is 1.95 bits per heavy atom. The normalized spacial score (nSPS) is 11.9. The third-order valence-electron chi connectivity index (χ3n) is 3.42. The standard InChI is InChI=1S/C16H17FN2O2/c1-12(13-5-3-2-4-6-13)9-10-18-14-7-8-16(19(20)21)15(17)11-14/h2-8,11-12,18H,9-10H2,1H3. The van der Waals surface area contributed by atoms with Crippen molar-refractivity contribution >= 4 is 11.4 Å². The van der Waals surface area contributed by atoms with Crippen molar-refractivity contribution in [1.29, 1.82) is 0 Å². The number of anilines is 1. The Morgan fingerprint density at radius 1 is 1.24 bits per heavy atom. The van der Waals surface area contributed by atoms with Crippen LogP contribution in [0.1, 0.15) is 24.8 Å².